The van der Waals surface area contributed by atoms with E-state index < -0.39 is 0 Å². The Kier molecular flexibility index (Phi) is 52.4. The Bertz CT molecular complexity index is 141. The van der Waals surface area contributed by atoms with Gasteiger partial charge < -0.3 is 70.9 Å². The molecule has 0 aliphatic heterocycles. The van der Waals surface area contributed by atoms with E-state index in [9.17, 15) is 0 Å². The van der Waals surface area contributed by atoms with Gasteiger partial charge in [0.1, 0.15) is 0 Å². The van der Waals surface area contributed by atoms with Crippen molar-refractivity contribution in [3.8, 4) is 0 Å². The first-order chi connectivity index (χ1) is 8.91. The van der Waals surface area contributed by atoms with E-state index >= 15 is 0 Å². The molecule has 0 aromatic heterocycles. The Morgan fingerprint density at radius 1 is 0.409 bits per heavy atom. The predicted molar refractivity (Wildman–Crippen MR) is 76.5 cm³/mol. The van der Waals surface area contributed by atoms with Gasteiger partial charge in [-0.15, -0.1) is 0 Å². The van der Waals surface area contributed by atoms with Crippen molar-refractivity contribution in [3.05, 3.63) is 0 Å². The summed E-state index contributed by atoms with van der Waals surface area (Å²) in [7, 11) is 0. The normalized spacial score (nSPS) is 9.00. The lowest BCUT2D eigenvalue weighted by Crippen LogP contribution is -3.00. The van der Waals surface area contributed by atoms with Crippen LogP contribution in [0, 0.1) is 0 Å². The predicted octanol–water partition coefficient (Wildman–Crippen LogP) is -15.1. The third-order valence-electron chi connectivity index (χ3n) is 3.28. The molecule has 0 rings (SSSR count). The van der Waals surface area contributed by atoms with Crippen LogP contribution in [0.4, 0.5) is 0 Å². The largest absolute Gasteiger partial charge is 1.00 e. The van der Waals surface area contributed by atoms with E-state index in [0.717, 1.165) is 0 Å². The van der Waals surface area contributed by atoms with Crippen LogP contribution in [0.5, 0.6) is 0 Å². The first-order valence-electron chi connectivity index (χ1n) is 8.18. The van der Waals surface area contributed by atoms with E-state index in [2.05, 4.69) is 35.1 Å². The Morgan fingerprint density at radius 3 is 1.00 bits per heavy atom. The summed E-state index contributed by atoms with van der Waals surface area (Å²) >= 11 is 0. The molecule has 22 heavy (non-hydrogen) atoms. The van der Waals surface area contributed by atoms with Gasteiger partial charge in [0.05, 0.1) is 52.4 Å². The van der Waals surface area contributed by atoms with Gasteiger partial charge in [0.2, 0.25) is 0 Å². The summed E-state index contributed by atoms with van der Waals surface area (Å²) in [6, 6.07) is 0. The van der Waals surface area contributed by atoms with Crippen LogP contribution in [-0.4, -0.2) is 52.4 Å². The highest BCUT2D eigenvalue weighted by Crippen LogP contribution is 1.77. The van der Waals surface area contributed by atoms with Crippen molar-refractivity contribution in [3.63, 3.8) is 0 Å². The van der Waals surface area contributed by atoms with E-state index in [-0.39, 0.29) is 49.6 Å². The highest BCUT2D eigenvalue weighted by molar-refractivity contribution is 4.34. The van der Waals surface area contributed by atoms with Crippen LogP contribution >= 0.6 is 0 Å². The summed E-state index contributed by atoms with van der Waals surface area (Å²) in [5, 5.41) is 9.75. The fourth-order valence-corrected chi connectivity index (χ4v) is 2.09. The fourth-order valence-electron chi connectivity index (χ4n) is 2.09. The minimum atomic E-state index is 0. The summed E-state index contributed by atoms with van der Waals surface area (Å²) in [6.07, 6.45) is 5.48. The van der Waals surface area contributed by atoms with Crippen LogP contribution in [0.25, 0.3) is 0 Å². The Labute approximate surface area is 162 Å². The maximum absolute atomic E-state index is 2.49. The molecule has 0 spiro atoms. The van der Waals surface area contributed by atoms with Crippen molar-refractivity contribution in [1.82, 2.24) is 0 Å². The lowest BCUT2D eigenvalue weighted by molar-refractivity contribution is -0.684. The Hall–Kier alpha value is 1.00. The maximum Gasteiger partial charge on any atom is 0.0809 e. The molecule has 0 bridgehead atoms. The van der Waals surface area contributed by atoms with Crippen molar-refractivity contribution in [2.45, 2.75) is 39.5 Å². The minimum absolute atomic E-state index is 0. The highest BCUT2D eigenvalue weighted by atomic mass is 35.5. The van der Waals surface area contributed by atoms with Gasteiger partial charge in [-0.25, -0.2) is 0 Å². The molecule has 0 aliphatic carbocycles. The van der Waals surface area contributed by atoms with Gasteiger partial charge in [-0.05, 0) is 13.8 Å². The van der Waals surface area contributed by atoms with Gasteiger partial charge in [-0.2, -0.15) is 0 Å². The Morgan fingerprint density at radius 2 is 0.682 bits per heavy atom. The molecular weight excluding hydrogens is 366 g/mol. The number of hydrogen-bond donors (Lipinski definition) is 4. The lowest BCUT2D eigenvalue weighted by atomic mass is 10.3. The second-order valence-corrected chi connectivity index (χ2v) is 5.12. The number of hydrogen-bond acceptors (Lipinski definition) is 0. The van der Waals surface area contributed by atoms with Crippen LogP contribution in [0.2, 0.25) is 0 Å². The molecule has 0 atom stereocenters. The number of unbranched alkanes of at least 4 members (excludes halogenated alkanes) is 1. The SMILES string of the molecule is CC[NH2+]CCC[NH2+]CCCC[NH2+]CCC[NH2+]CC.[Cl-].[Cl-].[Cl-].[Cl-]. The molecule has 8 N–H and O–H groups in total. The molecule has 0 saturated carbocycles. The molecule has 0 aliphatic rings. The van der Waals surface area contributed by atoms with Gasteiger partial charge in [0, 0.05) is 25.7 Å². The molecular formula is C14H38Cl4N4. The molecule has 0 aromatic carbocycles. The zero-order valence-electron chi connectivity index (χ0n) is 14.3. The molecule has 0 radical (unpaired) electrons. The number of rotatable bonds is 15. The van der Waals surface area contributed by atoms with E-state index in [4.69, 9.17) is 0 Å². The third kappa shape index (κ3) is 32.8. The van der Waals surface area contributed by atoms with Gasteiger partial charge >= 0.3 is 0 Å². The second-order valence-electron chi connectivity index (χ2n) is 5.12. The van der Waals surface area contributed by atoms with Crippen LogP contribution in [-0.2, 0) is 0 Å². The number of quaternary nitrogens is 4. The van der Waals surface area contributed by atoms with Crippen LogP contribution < -0.4 is 70.9 Å². The monoisotopic (exact) mass is 402 g/mol. The molecule has 142 valence electrons. The smallest absolute Gasteiger partial charge is 0.0809 e. The molecule has 4 nitrogen and oxygen atoms in total. The second kappa shape index (κ2) is 33.6. The van der Waals surface area contributed by atoms with Crippen molar-refractivity contribution in [1.29, 1.82) is 0 Å². The standard InChI is InChI=1S/C14H34N4.4ClH/c1-3-15-11-7-13-17-9-5-6-10-18-14-8-12-16-4-2;;;;/h15-18H,3-14H2,1-2H3;4*1H. The lowest BCUT2D eigenvalue weighted by Gasteiger charge is -2.02. The van der Waals surface area contributed by atoms with Crippen molar-refractivity contribution >= 4 is 0 Å². The van der Waals surface area contributed by atoms with Crippen LogP contribution in [0.1, 0.15) is 39.5 Å². The van der Waals surface area contributed by atoms with Crippen LogP contribution in [0.15, 0.2) is 0 Å². The number of nitrogens with two attached hydrogens (primary N) is 4. The minimum Gasteiger partial charge on any atom is -1.00 e. The molecule has 0 heterocycles. The summed E-state index contributed by atoms with van der Waals surface area (Å²) in [4.78, 5) is 0. The van der Waals surface area contributed by atoms with Gasteiger partial charge in [-0.1, -0.05) is 0 Å². The first kappa shape index (κ1) is 34.4. The molecule has 8 heteroatoms. The molecule has 0 fully saturated rings. The zero-order chi connectivity index (χ0) is 13.3. The topological polar surface area (TPSA) is 66.4 Å². The maximum atomic E-state index is 2.49. The zero-order valence-corrected chi connectivity index (χ0v) is 17.3. The average molecular weight is 404 g/mol. The van der Waals surface area contributed by atoms with Crippen molar-refractivity contribution in [2.24, 2.45) is 0 Å². The first-order valence-corrected chi connectivity index (χ1v) is 8.18. The van der Waals surface area contributed by atoms with E-state index in [1.165, 1.54) is 78.0 Å². The fraction of sp³-hybridized carbons (Fsp3) is 1.00. The summed E-state index contributed by atoms with van der Waals surface area (Å²) in [6.45, 7) is 14.8. The van der Waals surface area contributed by atoms with Crippen molar-refractivity contribution < 1.29 is 70.9 Å². The quantitative estimate of drug-likeness (QED) is 0.196. The molecule has 0 aromatic rings. The average Bonchev–Trinajstić information content (AvgIpc) is 2.39. The van der Waals surface area contributed by atoms with E-state index in [1.54, 1.807) is 0 Å². The summed E-state index contributed by atoms with van der Waals surface area (Å²) in [5.41, 5.74) is 0. The summed E-state index contributed by atoms with van der Waals surface area (Å²) in [5.74, 6) is 0. The number of halogens is 4. The van der Waals surface area contributed by atoms with Crippen molar-refractivity contribution in [2.75, 3.05) is 52.4 Å². The molecule has 0 amide bonds. The van der Waals surface area contributed by atoms with Crippen LogP contribution in [0.3, 0.4) is 0 Å². The third-order valence-corrected chi connectivity index (χ3v) is 3.28. The van der Waals surface area contributed by atoms with E-state index in [0.29, 0.717) is 0 Å². The molecule has 0 saturated heterocycles. The van der Waals surface area contributed by atoms with E-state index in [1.807, 2.05) is 0 Å². The molecule has 0 unspecified atom stereocenters. The van der Waals surface area contributed by atoms with Gasteiger partial charge in [0.25, 0.3) is 0 Å². The van der Waals surface area contributed by atoms with Gasteiger partial charge in [-0.3, -0.25) is 0 Å². The summed E-state index contributed by atoms with van der Waals surface area (Å²) < 4.78 is 0. The van der Waals surface area contributed by atoms with Gasteiger partial charge in [0.15, 0.2) is 0 Å². The Balaban J connectivity index is -0.000000241. The highest BCUT2D eigenvalue weighted by Gasteiger charge is 1.96.